The van der Waals surface area contributed by atoms with Gasteiger partial charge >= 0.3 is 0 Å². The van der Waals surface area contributed by atoms with E-state index in [-0.39, 0.29) is 5.91 Å². The predicted molar refractivity (Wildman–Crippen MR) is 67.0 cm³/mol. The Kier molecular flexibility index (Phi) is 3.76. The first-order valence-electron chi connectivity index (χ1n) is 5.75. The van der Waals surface area contributed by atoms with Crippen molar-refractivity contribution < 1.29 is 9.90 Å². The lowest BCUT2D eigenvalue weighted by Crippen LogP contribution is -2.62. The molecule has 2 rings (SSSR count). The summed E-state index contributed by atoms with van der Waals surface area (Å²) in [7, 11) is 0. The molecule has 1 fully saturated rings. The van der Waals surface area contributed by atoms with Crippen molar-refractivity contribution in [2.75, 3.05) is 25.0 Å². The number of likely N-dealkylation sites (tertiary alicyclic amines) is 1. The van der Waals surface area contributed by atoms with Crippen molar-refractivity contribution in [2.45, 2.75) is 25.4 Å². The van der Waals surface area contributed by atoms with Crippen molar-refractivity contribution in [1.82, 2.24) is 9.88 Å². The van der Waals surface area contributed by atoms with Gasteiger partial charge in [0.15, 0.2) is 5.13 Å². The van der Waals surface area contributed by atoms with Gasteiger partial charge in [-0.05, 0) is 6.42 Å². The third-order valence-electron chi connectivity index (χ3n) is 2.80. The Hall–Kier alpha value is -0.980. The minimum atomic E-state index is -0.573. The first-order valence-corrected chi connectivity index (χ1v) is 6.63. The second-order valence-electron chi connectivity index (χ2n) is 4.50. The van der Waals surface area contributed by atoms with Gasteiger partial charge in [-0.3, -0.25) is 9.69 Å². The molecule has 1 aromatic heterocycles. The highest BCUT2D eigenvalue weighted by Crippen LogP contribution is 2.25. The lowest BCUT2D eigenvalue weighted by molar-refractivity contribution is -0.129. The third-order valence-corrected chi connectivity index (χ3v) is 3.49. The van der Waals surface area contributed by atoms with Crippen LogP contribution in [0.15, 0.2) is 11.6 Å². The number of amides is 1. The van der Waals surface area contributed by atoms with Crippen LogP contribution in [-0.4, -0.2) is 46.1 Å². The molecule has 1 amide bonds. The van der Waals surface area contributed by atoms with Crippen molar-refractivity contribution in [1.29, 1.82) is 0 Å². The van der Waals surface area contributed by atoms with E-state index in [0.29, 0.717) is 24.8 Å². The van der Waals surface area contributed by atoms with Crippen LogP contribution in [0.25, 0.3) is 0 Å². The van der Waals surface area contributed by atoms with Crippen LogP contribution in [0.3, 0.4) is 0 Å². The number of rotatable bonds is 5. The minimum absolute atomic E-state index is 0.0708. The van der Waals surface area contributed by atoms with E-state index in [1.165, 1.54) is 11.3 Å². The molecule has 0 atom stereocenters. The summed E-state index contributed by atoms with van der Waals surface area (Å²) in [4.78, 5) is 17.5. The maximum Gasteiger partial charge on any atom is 0.240 e. The van der Waals surface area contributed by atoms with E-state index in [1.807, 2.05) is 10.3 Å². The number of aromatic nitrogens is 1. The molecule has 0 aliphatic carbocycles. The Bertz CT molecular complexity index is 374. The van der Waals surface area contributed by atoms with Crippen LogP contribution in [0.1, 0.15) is 19.8 Å². The summed E-state index contributed by atoms with van der Waals surface area (Å²) < 4.78 is 0. The molecule has 17 heavy (non-hydrogen) atoms. The molecule has 1 aromatic rings. The van der Waals surface area contributed by atoms with E-state index in [9.17, 15) is 9.90 Å². The zero-order chi connectivity index (χ0) is 12.3. The molecule has 2 heterocycles. The van der Waals surface area contributed by atoms with Gasteiger partial charge in [-0.1, -0.05) is 13.3 Å². The predicted octanol–water partition coefficient (Wildman–Crippen LogP) is 0.928. The van der Waals surface area contributed by atoms with E-state index in [2.05, 4.69) is 17.2 Å². The average Bonchev–Trinajstić information content (AvgIpc) is 2.68. The van der Waals surface area contributed by atoms with Gasteiger partial charge in [0.25, 0.3) is 0 Å². The van der Waals surface area contributed by atoms with E-state index < -0.39 is 5.60 Å². The second-order valence-corrected chi connectivity index (χ2v) is 5.40. The zero-order valence-corrected chi connectivity index (χ0v) is 10.7. The Labute approximate surface area is 104 Å². The fourth-order valence-electron chi connectivity index (χ4n) is 2.17. The molecule has 94 valence electrons. The van der Waals surface area contributed by atoms with Crippen LogP contribution < -0.4 is 5.32 Å². The number of carbonyl (C=O) groups is 1. The number of carbonyl (C=O) groups excluding carboxylic acids is 1. The van der Waals surface area contributed by atoms with Crippen molar-refractivity contribution in [3.05, 3.63) is 11.6 Å². The number of hydrogen-bond donors (Lipinski definition) is 2. The van der Waals surface area contributed by atoms with Crippen LogP contribution in [0, 0.1) is 0 Å². The molecular weight excluding hydrogens is 238 g/mol. The van der Waals surface area contributed by atoms with Gasteiger partial charge in [0.2, 0.25) is 5.91 Å². The lowest BCUT2D eigenvalue weighted by atomic mass is 9.89. The van der Waals surface area contributed by atoms with Gasteiger partial charge in [0.1, 0.15) is 0 Å². The van der Waals surface area contributed by atoms with Gasteiger partial charge in [-0.2, -0.15) is 0 Å². The molecule has 1 aliphatic rings. The van der Waals surface area contributed by atoms with Crippen LogP contribution >= 0.6 is 11.3 Å². The van der Waals surface area contributed by atoms with Crippen molar-refractivity contribution in [3.63, 3.8) is 0 Å². The Morgan fingerprint density at radius 1 is 1.71 bits per heavy atom. The van der Waals surface area contributed by atoms with E-state index in [4.69, 9.17) is 0 Å². The number of nitrogens with one attached hydrogen (secondary N) is 1. The largest absolute Gasteiger partial charge is 0.387 e. The highest BCUT2D eigenvalue weighted by molar-refractivity contribution is 7.13. The zero-order valence-electron chi connectivity index (χ0n) is 9.85. The number of aliphatic hydroxyl groups is 1. The second kappa shape index (κ2) is 5.12. The molecule has 5 nitrogen and oxygen atoms in total. The summed E-state index contributed by atoms with van der Waals surface area (Å²) in [6, 6.07) is 0. The number of nitrogens with zero attached hydrogens (tertiary/aromatic N) is 2. The molecule has 0 aromatic carbocycles. The summed E-state index contributed by atoms with van der Waals surface area (Å²) in [5.74, 6) is -0.0708. The summed E-state index contributed by atoms with van der Waals surface area (Å²) in [6.45, 7) is 3.56. The van der Waals surface area contributed by atoms with E-state index in [1.54, 1.807) is 6.20 Å². The SMILES string of the molecule is CCCC1(O)CN(CC(=O)Nc2nccs2)C1. The fourth-order valence-corrected chi connectivity index (χ4v) is 2.71. The molecule has 0 radical (unpaired) electrons. The highest BCUT2D eigenvalue weighted by Gasteiger charge is 2.40. The molecular formula is C11H17N3O2S. The maximum atomic E-state index is 11.6. The number of thiazole rings is 1. The Balaban J connectivity index is 1.71. The molecule has 6 heteroatoms. The van der Waals surface area contributed by atoms with E-state index in [0.717, 1.165) is 12.8 Å². The number of β-amino-alcohol motifs (C(OH)–C–C–N with tert-alkyl or cyclic N) is 1. The molecule has 0 saturated carbocycles. The molecule has 2 N–H and O–H groups in total. The maximum absolute atomic E-state index is 11.6. The summed E-state index contributed by atoms with van der Waals surface area (Å²) >= 11 is 1.40. The molecule has 0 unspecified atom stereocenters. The highest BCUT2D eigenvalue weighted by atomic mass is 32.1. The summed E-state index contributed by atoms with van der Waals surface area (Å²) in [5, 5.41) is 15.1. The van der Waals surface area contributed by atoms with Crippen molar-refractivity contribution in [2.24, 2.45) is 0 Å². The molecule has 0 bridgehead atoms. The van der Waals surface area contributed by atoms with Crippen LogP contribution in [0.5, 0.6) is 0 Å². The monoisotopic (exact) mass is 255 g/mol. The van der Waals surface area contributed by atoms with Crippen LogP contribution in [-0.2, 0) is 4.79 Å². The third kappa shape index (κ3) is 3.24. The summed E-state index contributed by atoms with van der Waals surface area (Å²) in [6.07, 6.45) is 3.43. The first kappa shape index (κ1) is 12.5. The normalized spacial score (nSPS) is 18.7. The van der Waals surface area contributed by atoms with Gasteiger partial charge in [-0.15, -0.1) is 11.3 Å². The van der Waals surface area contributed by atoms with E-state index >= 15 is 0 Å². The molecule has 1 saturated heterocycles. The number of hydrogen-bond acceptors (Lipinski definition) is 5. The van der Waals surface area contributed by atoms with Crippen LogP contribution in [0.2, 0.25) is 0 Å². The standard InChI is InChI=1S/C11H17N3O2S/c1-2-3-11(16)7-14(8-11)6-9(15)13-10-12-4-5-17-10/h4-5,16H,2-3,6-8H2,1H3,(H,12,13,15). The van der Waals surface area contributed by atoms with Crippen molar-refractivity contribution >= 4 is 22.4 Å². The van der Waals surface area contributed by atoms with Gasteiger partial charge in [0.05, 0.1) is 12.1 Å². The minimum Gasteiger partial charge on any atom is -0.387 e. The van der Waals surface area contributed by atoms with Gasteiger partial charge in [0, 0.05) is 24.7 Å². The molecule has 0 spiro atoms. The first-order chi connectivity index (χ1) is 8.11. The number of anilines is 1. The lowest BCUT2D eigenvalue weighted by Gasteiger charge is -2.46. The average molecular weight is 255 g/mol. The van der Waals surface area contributed by atoms with Crippen molar-refractivity contribution in [3.8, 4) is 0 Å². The quantitative estimate of drug-likeness (QED) is 0.821. The summed E-state index contributed by atoms with van der Waals surface area (Å²) in [5.41, 5.74) is -0.573. The topological polar surface area (TPSA) is 65.5 Å². The Morgan fingerprint density at radius 2 is 2.47 bits per heavy atom. The van der Waals surface area contributed by atoms with Gasteiger partial charge < -0.3 is 10.4 Å². The molecule has 1 aliphatic heterocycles. The van der Waals surface area contributed by atoms with Gasteiger partial charge in [-0.25, -0.2) is 4.98 Å². The smallest absolute Gasteiger partial charge is 0.240 e. The fraction of sp³-hybridized carbons (Fsp3) is 0.636. The van der Waals surface area contributed by atoms with Crippen LogP contribution in [0.4, 0.5) is 5.13 Å². The Morgan fingerprint density at radius 3 is 3.06 bits per heavy atom.